The van der Waals surface area contributed by atoms with Crippen molar-refractivity contribution in [3.05, 3.63) is 10.6 Å². The standard InChI is InChI=1S/C17H29N3S/c1-11-8-12(2)20(10-11)16-19-15(13-6-7-13)14(21-16)9-18-17(3,4)5/h11-13,18H,6-10H2,1-5H3. The van der Waals surface area contributed by atoms with Gasteiger partial charge in [-0.3, -0.25) is 0 Å². The zero-order chi connectivity index (χ0) is 15.2. The molecule has 1 aromatic rings. The second-order valence-electron chi connectivity index (χ2n) is 8.02. The summed E-state index contributed by atoms with van der Waals surface area (Å²) in [7, 11) is 0. The number of hydrogen-bond donors (Lipinski definition) is 1. The molecular weight excluding hydrogens is 278 g/mol. The van der Waals surface area contributed by atoms with Crippen LogP contribution >= 0.6 is 11.3 Å². The lowest BCUT2D eigenvalue weighted by Crippen LogP contribution is -2.35. The van der Waals surface area contributed by atoms with Crippen LogP contribution in [0.2, 0.25) is 0 Å². The van der Waals surface area contributed by atoms with Crippen LogP contribution in [0, 0.1) is 5.92 Å². The van der Waals surface area contributed by atoms with Crippen LogP contribution in [0.1, 0.15) is 70.4 Å². The summed E-state index contributed by atoms with van der Waals surface area (Å²) in [5.41, 5.74) is 1.55. The molecule has 3 nitrogen and oxygen atoms in total. The zero-order valence-electron chi connectivity index (χ0n) is 14.1. The molecule has 1 aliphatic carbocycles. The SMILES string of the molecule is CC1CC(C)N(c2nc(C3CC3)c(CNC(C)(C)C)s2)C1. The van der Waals surface area contributed by atoms with Crippen molar-refractivity contribution < 1.29 is 0 Å². The summed E-state index contributed by atoms with van der Waals surface area (Å²) in [6.07, 6.45) is 3.96. The van der Waals surface area contributed by atoms with Crippen molar-refractivity contribution in [2.24, 2.45) is 5.92 Å². The molecule has 1 aliphatic heterocycles. The maximum Gasteiger partial charge on any atom is 0.186 e. The fourth-order valence-corrected chi connectivity index (χ4v) is 4.39. The number of hydrogen-bond acceptors (Lipinski definition) is 4. The van der Waals surface area contributed by atoms with Crippen LogP contribution in [0.4, 0.5) is 5.13 Å². The molecule has 0 bridgehead atoms. The van der Waals surface area contributed by atoms with Gasteiger partial charge in [0.1, 0.15) is 0 Å². The molecule has 1 N–H and O–H groups in total. The Morgan fingerprint density at radius 2 is 2.00 bits per heavy atom. The third-order valence-electron chi connectivity index (χ3n) is 4.49. The maximum absolute atomic E-state index is 5.04. The van der Waals surface area contributed by atoms with Gasteiger partial charge in [0.05, 0.1) is 5.69 Å². The van der Waals surface area contributed by atoms with Gasteiger partial charge in [-0.15, -0.1) is 11.3 Å². The predicted octanol–water partition coefficient (Wildman–Crippen LogP) is 4.14. The van der Waals surface area contributed by atoms with Gasteiger partial charge in [-0.1, -0.05) is 6.92 Å². The molecule has 0 amide bonds. The topological polar surface area (TPSA) is 28.2 Å². The van der Waals surface area contributed by atoms with Crippen molar-refractivity contribution >= 4 is 16.5 Å². The second kappa shape index (κ2) is 5.54. The van der Waals surface area contributed by atoms with E-state index in [4.69, 9.17) is 4.98 Å². The van der Waals surface area contributed by atoms with Crippen LogP contribution < -0.4 is 10.2 Å². The van der Waals surface area contributed by atoms with E-state index in [1.165, 1.54) is 41.5 Å². The molecule has 2 atom stereocenters. The lowest BCUT2D eigenvalue weighted by atomic mass is 10.1. The Bertz CT molecular complexity index is 499. The minimum Gasteiger partial charge on any atom is -0.345 e. The molecule has 2 fully saturated rings. The molecule has 0 aromatic carbocycles. The third kappa shape index (κ3) is 3.59. The first-order chi connectivity index (χ1) is 9.83. The van der Waals surface area contributed by atoms with Gasteiger partial charge in [0, 0.05) is 35.5 Å². The highest BCUT2D eigenvalue weighted by Gasteiger charge is 2.33. The first kappa shape index (κ1) is 15.3. The molecule has 3 rings (SSSR count). The van der Waals surface area contributed by atoms with Crippen LogP contribution in [-0.2, 0) is 6.54 Å². The number of rotatable bonds is 4. The quantitative estimate of drug-likeness (QED) is 0.906. The minimum atomic E-state index is 0.167. The molecule has 1 saturated heterocycles. The predicted molar refractivity (Wildman–Crippen MR) is 91.3 cm³/mol. The van der Waals surface area contributed by atoms with Crippen LogP contribution in [0.5, 0.6) is 0 Å². The Labute approximate surface area is 133 Å². The van der Waals surface area contributed by atoms with E-state index in [-0.39, 0.29) is 5.54 Å². The number of nitrogens with one attached hydrogen (secondary N) is 1. The van der Waals surface area contributed by atoms with E-state index in [1.807, 2.05) is 11.3 Å². The monoisotopic (exact) mass is 307 g/mol. The highest BCUT2D eigenvalue weighted by molar-refractivity contribution is 7.15. The van der Waals surface area contributed by atoms with Gasteiger partial charge >= 0.3 is 0 Å². The Morgan fingerprint density at radius 3 is 2.52 bits per heavy atom. The fraction of sp³-hybridized carbons (Fsp3) is 0.824. The van der Waals surface area contributed by atoms with Crippen LogP contribution in [0.15, 0.2) is 0 Å². The average Bonchev–Trinajstić information content (AvgIpc) is 3.04. The Balaban J connectivity index is 1.79. The molecule has 0 radical (unpaired) electrons. The largest absolute Gasteiger partial charge is 0.345 e. The lowest BCUT2D eigenvalue weighted by molar-refractivity contribution is 0.425. The van der Waals surface area contributed by atoms with Gasteiger partial charge < -0.3 is 10.2 Å². The number of aromatic nitrogens is 1. The molecular formula is C17H29N3S. The molecule has 4 heteroatoms. The van der Waals surface area contributed by atoms with Gasteiger partial charge in [-0.05, 0) is 52.9 Å². The number of thiazole rings is 1. The summed E-state index contributed by atoms with van der Waals surface area (Å²) in [5, 5.41) is 4.90. The summed E-state index contributed by atoms with van der Waals surface area (Å²) < 4.78 is 0. The minimum absolute atomic E-state index is 0.167. The Morgan fingerprint density at radius 1 is 1.29 bits per heavy atom. The van der Waals surface area contributed by atoms with Gasteiger partial charge in [-0.2, -0.15) is 0 Å². The van der Waals surface area contributed by atoms with Crippen LogP contribution in [-0.4, -0.2) is 23.1 Å². The van der Waals surface area contributed by atoms with Crippen molar-refractivity contribution in [1.82, 2.24) is 10.3 Å². The summed E-state index contributed by atoms with van der Waals surface area (Å²) in [4.78, 5) is 9.04. The first-order valence-electron chi connectivity index (χ1n) is 8.35. The average molecular weight is 308 g/mol. The van der Waals surface area contributed by atoms with Gasteiger partial charge in [0.2, 0.25) is 0 Å². The molecule has 1 saturated carbocycles. The molecule has 21 heavy (non-hydrogen) atoms. The van der Waals surface area contributed by atoms with Gasteiger partial charge in [0.25, 0.3) is 0 Å². The highest BCUT2D eigenvalue weighted by Crippen LogP contribution is 2.45. The molecule has 2 heterocycles. The van der Waals surface area contributed by atoms with E-state index in [0.717, 1.165) is 18.4 Å². The van der Waals surface area contributed by atoms with Crippen molar-refractivity contribution in [3.63, 3.8) is 0 Å². The van der Waals surface area contributed by atoms with E-state index < -0.39 is 0 Å². The normalized spacial score (nSPS) is 26.6. The lowest BCUT2D eigenvalue weighted by Gasteiger charge is -2.20. The van der Waals surface area contributed by atoms with Crippen molar-refractivity contribution in [3.8, 4) is 0 Å². The number of anilines is 1. The van der Waals surface area contributed by atoms with E-state index in [9.17, 15) is 0 Å². The van der Waals surface area contributed by atoms with E-state index in [0.29, 0.717) is 6.04 Å². The fourth-order valence-electron chi connectivity index (χ4n) is 3.19. The summed E-state index contributed by atoms with van der Waals surface area (Å²) in [5.74, 6) is 1.53. The maximum atomic E-state index is 5.04. The van der Waals surface area contributed by atoms with Gasteiger partial charge in [-0.25, -0.2) is 4.98 Å². The Hall–Kier alpha value is -0.610. The summed E-state index contributed by atoms with van der Waals surface area (Å²) >= 11 is 1.92. The smallest absolute Gasteiger partial charge is 0.186 e. The molecule has 1 aromatic heterocycles. The molecule has 0 spiro atoms. The van der Waals surface area contributed by atoms with Crippen LogP contribution in [0.3, 0.4) is 0 Å². The molecule has 2 unspecified atom stereocenters. The van der Waals surface area contributed by atoms with E-state index >= 15 is 0 Å². The summed E-state index contributed by atoms with van der Waals surface area (Å²) in [6.45, 7) is 13.5. The van der Waals surface area contributed by atoms with Crippen molar-refractivity contribution in [1.29, 1.82) is 0 Å². The molecule has 118 valence electrons. The molecule has 2 aliphatic rings. The Kier molecular flexibility index (Phi) is 4.04. The van der Waals surface area contributed by atoms with E-state index in [1.54, 1.807) is 0 Å². The third-order valence-corrected chi connectivity index (χ3v) is 5.60. The highest BCUT2D eigenvalue weighted by atomic mass is 32.1. The second-order valence-corrected chi connectivity index (χ2v) is 9.09. The van der Waals surface area contributed by atoms with Crippen LogP contribution in [0.25, 0.3) is 0 Å². The number of nitrogens with zero attached hydrogens (tertiary/aromatic N) is 2. The van der Waals surface area contributed by atoms with E-state index in [2.05, 4.69) is 44.8 Å². The van der Waals surface area contributed by atoms with Crippen molar-refractivity contribution in [2.75, 3.05) is 11.4 Å². The van der Waals surface area contributed by atoms with Gasteiger partial charge in [0.15, 0.2) is 5.13 Å². The first-order valence-corrected chi connectivity index (χ1v) is 9.16. The van der Waals surface area contributed by atoms with Crippen molar-refractivity contribution in [2.45, 2.75) is 77.9 Å². The summed E-state index contributed by atoms with van der Waals surface area (Å²) in [6, 6.07) is 0.640. The zero-order valence-corrected chi connectivity index (χ0v) is 14.9.